The Hall–Kier alpha value is -1.44. The lowest BCUT2D eigenvalue weighted by molar-refractivity contribution is 0.190. The second kappa shape index (κ2) is 6.55. The molecule has 0 amide bonds. The molecule has 4 heteroatoms. The Balaban J connectivity index is 1.69. The van der Waals surface area contributed by atoms with Crippen LogP contribution in [0.2, 0.25) is 0 Å². The highest BCUT2D eigenvalue weighted by Gasteiger charge is 2.31. The highest BCUT2D eigenvalue weighted by molar-refractivity contribution is 5.38. The van der Waals surface area contributed by atoms with E-state index in [2.05, 4.69) is 16.3 Å². The quantitative estimate of drug-likeness (QED) is 0.905. The minimum Gasteiger partial charge on any atom is -0.317 e. The topological polar surface area (TPSA) is 39.1 Å². The van der Waals surface area contributed by atoms with E-state index in [1.54, 1.807) is 6.07 Å². The minimum atomic E-state index is -0.327. The molecule has 0 radical (unpaired) electrons. The maximum Gasteiger partial charge on any atom is 0.124 e. The third-order valence-electron chi connectivity index (χ3n) is 4.58. The fourth-order valence-corrected chi connectivity index (χ4v) is 3.19. The number of rotatable bonds is 5. The van der Waals surface area contributed by atoms with Crippen LogP contribution < -0.4 is 5.32 Å². The molecule has 0 unspecified atom stereocenters. The monoisotopic (exact) mass is 287 g/mol. The Morgan fingerprint density at radius 3 is 2.67 bits per heavy atom. The molecule has 1 saturated carbocycles. The summed E-state index contributed by atoms with van der Waals surface area (Å²) in [6.45, 7) is 4.11. The number of nitriles is 1. The van der Waals surface area contributed by atoms with Gasteiger partial charge in [-0.2, -0.15) is 5.26 Å². The number of benzene rings is 1. The number of halogens is 1. The van der Waals surface area contributed by atoms with Gasteiger partial charge in [-0.15, -0.1) is 0 Å². The molecule has 0 atom stereocenters. The lowest BCUT2D eigenvalue weighted by Crippen LogP contribution is -2.37. The number of piperidine rings is 1. The summed E-state index contributed by atoms with van der Waals surface area (Å²) < 4.78 is 13.2. The Morgan fingerprint density at radius 2 is 2.00 bits per heavy atom. The van der Waals surface area contributed by atoms with Crippen LogP contribution in [0.25, 0.3) is 0 Å². The Labute approximate surface area is 125 Å². The van der Waals surface area contributed by atoms with Gasteiger partial charge in [-0.1, -0.05) is 6.07 Å². The summed E-state index contributed by atoms with van der Waals surface area (Å²) in [4.78, 5) is 2.50. The molecule has 3 nitrogen and oxygen atoms in total. The minimum absolute atomic E-state index is 0.327. The van der Waals surface area contributed by atoms with Gasteiger partial charge < -0.3 is 5.32 Å². The summed E-state index contributed by atoms with van der Waals surface area (Å²) in [7, 11) is 0. The van der Waals surface area contributed by atoms with Crippen molar-refractivity contribution in [2.45, 2.75) is 38.3 Å². The van der Waals surface area contributed by atoms with Crippen molar-refractivity contribution in [3.63, 3.8) is 0 Å². The van der Waals surface area contributed by atoms with E-state index in [1.165, 1.54) is 37.8 Å². The third kappa shape index (κ3) is 3.81. The van der Waals surface area contributed by atoms with Crippen LogP contribution in [0, 0.1) is 23.1 Å². The average molecular weight is 287 g/mol. The Kier molecular flexibility index (Phi) is 4.52. The van der Waals surface area contributed by atoms with Gasteiger partial charge in [0.15, 0.2) is 0 Å². The highest BCUT2D eigenvalue weighted by atomic mass is 19.1. The smallest absolute Gasteiger partial charge is 0.124 e. The summed E-state index contributed by atoms with van der Waals surface area (Å²) in [6, 6.07) is 7.38. The zero-order chi connectivity index (χ0) is 14.7. The Bertz CT molecular complexity index is 527. The number of hydrogen-bond donors (Lipinski definition) is 1. The zero-order valence-corrected chi connectivity index (χ0v) is 12.3. The standard InChI is InChI=1S/C17H22FN3/c18-16-2-1-14(15(9-16)10-19)12-21(17-3-4-17)11-13-5-7-20-8-6-13/h1-2,9,13,17,20H,3-8,11-12H2. The fraction of sp³-hybridized carbons (Fsp3) is 0.588. The third-order valence-corrected chi connectivity index (χ3v) is 4.58. The van der Waals surface area contributed by atoms with Crippen LogP contribution in [0.1, 0.15) is 36.8 Å². The van der Waals surface area contributed by atoms with Crippen LogP contribution in [0.3, 0.4) is 0 Å². The normalized spacial score (nSPS) is 19.7. The van der Waals surface area contributed by atoms with Gasteiger partial charge in [0.05, 0.1) is 11.6 Å². The number of hydrogen-bond acceptors (Lipinski definition) is 3. The van der Waals surface area contributed by atoms with Crippen LogP contribution in [-0.2, 0) is 6.54 Å². The summed E-state index contributed by atoms with van der Waals surface area (Å²) >= 11 is 0. The molecule has 1 N–H and O–H groups in total. The molecule has 21 heavy (non-hydrogen) atoms. The fourth-order valence-electron chi connectivity index (χ4n) is 3.19. The van der Waals surface area contributed by atoms with Crippen molar-refractivity contribution in [3.8, 4) is 6.07 Å². The van der Waals surface area contributed by atoms with Crippen molar-refractivity contribution in [1.82, 2.24) is 10.2 Å². The van der Waals surface area contributed by atoms with E-state index in [1.807, 2.05) is 0 Å². The first-order valence-corrected chi connectivity index (χ1v) is 7.89. The molecule has 0 spiro atoms. The number of nitrogens with one attached hydrogen (secondary N) is 1. The van der Waals surface area contributed by atoms with Crippen LogP contribution in [-0.4, -0.2) is 30.6 Å². The van der Waals surface area contributed by atoms with Gasteiger partial charge in [0.25, 0.3) is 0 Å². The maximum absolute atomic E-state index is 13.2. The van der Waals surface area contributed by atoms with E-state index in [4.69, 9.17) is 0 Å². The first-order valence-electron chi connectivity index (χ1n) is 7.89. The predicted octanol–water partition coefficient (Wildman–Crippen LogP) is 2.66. The summed E-state index contributed by atoms with van der Waals surface area (Å²) in [5, 5.41) is 12.6. The van der Waals surface area contributed by atoms with Crippen LogP contribution in [0.15, 0.2) is 18.2 Å². The Morgan fingerprint density at radius 1 is 1.24 bits per heavy atom. The molecular weight excluding hydrogens is 265 g/mol. The van der Waals surface area contributed by atoms with Crippen molar-refractivity contribution < 1.29 is 4.39 Å². The van der Waals surface area contributed by atoms with Crippen molar-refractivity contribution in [2.75, 3.05) is 19.6 Å². The second-order valence-corrected chi connectivity index (χ2v) is 6.27. The van der Waals surface area contributed by atoms with E-state index in [0.29, 0.717) is 11.6 Å². The molecule has 1 heterocycles. The maximum atomic E-state index is 13.2. The van der Waals surface area contributed by atoms with Crippen molar-refractivity contribution >= 4 is 0 Å². The molecule has 2 aliphatic rings. The van der Waals surface area contributed by atoms with Gasteiger partial charge in [0.1, 0.15) is 5.82 Å². The number of nitrogens with zero attached hydrogens (tertiary/aromatic N) is 2. The SMILES string of the molecule is N#Cc1cc(F)ccc1CN(CC1CCNCC1)C1CC1. The van der Waals surface area contributed by atoms with Gasteiger partial charge in [-0.25, -0.2) is 4.39 Å². The molecule has 2 fully saturated rings. The van der Waals surface area contributed by atoms with Gasteiger partial charge in [-0.05, 0) is 62.4 Å². The van der Waals surface area contributed by atoms with Crippen LogP contribution >= 0.6 is 0 Å². The van der Waals surface area contributed by atoms with E-state index >= 15 is 0 Å². The second-order valence-electron chi connectivity index (χ2n) is 6.27. The lowest BCUT2D eigenvalue weighted by atomic mass is 9.97. The largest absolute Gasteiger partial charge is 0.317 e. The van der Waals surface area contributed by atoms with Crippen molar-refractivity contribution in [3.05, 3.63) is 35.1 Å². The first-order chi connectivity index (χ1) is 10.3. The van der Waals surface area contributed by atoms with Crippen LogP contribution in [0.5, 0.6) is 0 Å². The first kappa shape index (κ1) is 14.5. The van der Waals surface area contributed by atoms with Crippen molar-refractivity contribution in [2.24, 2.45) is 5.92 Å². The van der Waals surface area contributed by atoms with E-state index < -0.39 is 0 Å². The van der Waals surface area contributed by atoms with E-state index in [0.717, 1.165) is 37.7 Å². The lowest BCUT2D eigenvalue weighted by Gasteiger charge is -2.30. The molecular formula is C17H22FN3. The molecule has 1 aromatic rings. The van der Waals surface area contributed by atoms with Gasteiger partial charge in [0, 0.05) is 19.1 Å². The average Bonchev–Trinajstić information content (AvgIpc) is 3.34. The molecule has 3 rings (SSSR count). The van der Waals surface area contributed by atoms with Crippen molar-refractivity contribution in [1.29, 1.82) is 5.26 Å². The molecule has 1 aliphatic heterocycles. The molecule has 1 saturated heterocycles. The van der Waals surface area contributed by atoms with Crippen LogP contribution in [0.4, 0.5) is 4.39 Å². The molecule has 112 valence electrons. The molecule has 0 aromatic heterocycles. The molecule has 1 aromatic carbocycles. The summed E-state index contributed by atoms with van der Waals surface area (Å²) in [5.74, 6) is 0.421. The molecule has 1 aliphatic carbocycles. The van der Waals surface area contributed by atoms with E-state index in [9.17, 15) is 9.65 Å². The van der Waals surface area contributed by atoms with Gasteiger partial charge in [0.2, 0.25) is 0 Å². The zero-order valence-electron chi connectivity index (χ0n) is 12.3. The summed E-state index contributed by atoms with van der Waals surface area (Å²) in [6.07, 6.45) is 4.98. The van der Waals surface area contributed by atoms with Gasteiger partial charge >= 0.3 is 0 Å². The summed E-state index contributed by atoms with van der Waals surface area (Å²) in [5.41, 5.74) is 1.44. The van der Waals surface area contributed by atoms with E-state index in [-0.39, 0.29) is 5.82 Å². The molecule has 0 bridgehead atoms. The highest BCUT2D eigenvalue weighted by Crippen LogP contribution is 2.31. The van der Waals surface area contributed by atoms with Gasteiger partial charge in [-0.3, -0.25) is 4.90 Å². The predicted molar refractivity (Wildman–Crippen MR) is 80.1 cm³/mol.